The number of carbonyl (C=O) groups excluding carboxylic acids is 1. The Morgan fingerprint density at radius 1 is 0.923 bits per heavy atom. The topological polar surface area (TPSA) is 80.7 Å². The maximum atomic E-state index is 13.6. The SMILES string of the molecule is CCCCc1ccc(C#Cc2ccc(C(=O)N(CCCC3CCCC3)c3ccc(C(=O)O)c([O-])c3)cc2)cc1. The van der Waals surface area contributed by atoms with Gasteiger partial charge in [0.2, 0.25) is 0 Å². The van der Waals surface area contributed by atoms with Crippen molar-refractivity contribution in [2.45, 2.75) is 64.7 Å². The van der Waals surface area contributed by atoms with E-state index in [1.807, 2.05) is 24.3 Å². The van der Waals surface area contributed by atoms with Crippen LogP contribution in [0.3, 0.4) is 0 Å². The fourth-order valence-electron chi connectivity index (χ4n) is 5.17. The molecule has 4 rings (SSSR count). The Morgan fingerprint density at radius 2 is 1.56 bits per heavy atom. The van der Waals surface area contributed by atoms with E-state index in [1.54, 1.807) is 23.1 Å². The Kier molecular flexibility index (Phi) is 9.80. The highest BCUT2D eigenvalue weighted by Gasteiger charge is 2.20. The van der Waals surface area contributed by atoms with Crippen molar-refractivity contribution in [3.8, 4) is 17.6 Å². The second-order valence-electron chi connectivity index (χ2n) is 10.4. The van der Waals surface area contributed by atoms with E-state index in [4.69, 9.17) is 0 Å². The molecule has 1 saturated carbocycles. The molecule has 0 heterocycles. The van der Waals surface area contributed by atoms with E-state index < -0.39 is 11.7 Å². The van der Waals surface area contributed by atoms with E-state index in [9.17, 15) is 19.8 Å². The summed E-state index contributed by atoms with van der Waals surface area (Å²) in [5, 5.41) is 21.6. The molecule has 0 bridgehead atoms. The number of aromatic carboxylic acids is 1. The van der Waals surface area contributed by atoms with Crippen LogP contribution in [0.25, 0.3) is 0 Å². The number of carboxylic acids is 1. The molecule has 0 atom stereocenters. The second kappa shape index (κ2) is 13.7. The molecular formula is C34H36NO4-. The predicted molar refractivity (Wildman–Crippen MR) is 153 cm³/mol. The minimum absolute atomic E-state index is 0.217. The second-order valence-corrected chi connectivity index (χ2v) is 10.4. The molecule has 1 fully saturated rings. The maximum absolute atomic E-state index is 13.6. The minimum atomic E-state index is -1.27. The number of carboxylic acid groups (broad SMARTS) is 1. The van der Waals surface area contributed by atoms with Crippen LogP contribution in [-0.4, -0.2) is 23.5 Å². The number of amides is 1. The quantitative estimate of drug-likeness (QED) is 0.296. The zero-order valence-electron chi connectivity index (χ0n) is 22.6. The predicted octanol–water partition coefficient (Wildman–Crippen LogP) is 6.82. The average Bonchev–Trinajstić information content (AvgIpc) is 3.47. The molecule has 1 aliphatic rings. The number of rotatable bonds is 10. The number of hydrogen-bond acceptors (Lipinski definition) is 3. The first-order valence-corrected chi connectivity index (χ1v) is 14.0. The van der Waals surface area contributed by atoms with Gasteiger partial charge in [-0.15, -0.1) is 0 Å². The first-order chi connectivity index (χ1) is 18.9. The lowest BCUT2D eigenvalue weighted by Crippen LogP contribution is -2.32. The van der Waals surface area contributed by atoms with Gasteiger partial charge in [0.25, 0.3) is 5.91 Å². The summed E-state index contributed by atoms with van der Waals surface area (Å²) >= 11 is 0. The summed E-state index contributed by atoms with van der Waals surface area (Å²) in [6.45, 7) is 2.66. The summed E-state index contributed by atoms with van der Waals surface area (Å²) in [4.78, 5) is 26.5. The van der Waals surface area contributed by atoms with Gasteiger partial charge in [-0.3, -0.25) is 4.79 Å². The van der Waals surface area contributed by atoms with Crippen molar-refractivity contribution in [2.24, 2.45) is 5.92 Å². The molecule has 3 aromatic rings. The lowest BCUT2D eigenvalue weighted by molar-refractivity contribution is -0.268. The van der Waals surface area contributed by atoms with Crippen LogP contribution in [0.1, 0.15) is 95.7 Å². The van der Waals surface area contributed by atoms with Gasteiger partial charge in [-0.05, 0) is 91.8 Å². The van der Waals surface area contributed by atoms with Gasteiger partial charge < -0.3 is 15.1 Å². The highest BCUT2D eigenvalue weighted by Crippen LogP contribution is 2.30. The van der Waals surface area contributed by atoms with Crippen molar-refractivity contribution in [3.63, 3.8) is 0 Å². The number of nitrogens with zero attached hydrogens (tertiary/aromatic N) is 1. The molecule has 5 nitrogen and oxygen atoms in total. The van der Waals surface area contributed by atoms with Gasteiger partial charge in [0, 0.05) is 28.9 Å². The van der Waals surface area contributed by atoms with E-state index in [0.29, 0.717) is 23.7 Å². The van der Waals surface area contributed by atoms with Crippen molar-refractivity contribution >= 4 is 17.6 Å². The van der Waals surface area contributed by atoms with E-state index in [-0.39, 0.29) is 11.5 Å². The van der Waals surface area contributed by atoms with Gasteiger partial charge in [-0.25, -0.2) is 4.79 Å². The molecular weight excluding hydrogens is 486 g/mol. The Bertz CT molecular complexity index is 1330. The summed E-state index contributed by atoms with van der Waals surface area (Å²) in [5.41, 5.74) is 3.70. The van der Waals surface area contributed by atoms with E-state index >= 15 is 0 Å². The maximum Gasteiger partial charge on any atom is 0.335 e. The van der Waals surface area contributed by atoms with Gasteiger partial charge in [-0.1, -0.05) is 68.8 Å². The van der Waals surface area contributed by atoms with Crippen LogP contribution in [0.2, 0.25) is 0 Å². The molecule has 0 saturated heterocycles. The van der Waals surface area contributed by atoms with Gasteiger partial charge in [0.15, 0.2) is 0 Å². The molecule has 1 N–H and O–H groups in total. The first kappa shape index (κ1) is 28.0. The van der Waals surface area contributed by atoms with Crippen LogP contribution in [0, 0.1) is 17.8 Å². The van der Waals surface area contributed by atoms with Crippen LogP contribution in [0.4, 0.5) is 5.69 Å². The smallest absolute Gasteiger partial charge is 0.335 e. The molecule has 0 aliphatic heterocycles. The molecule has 1 amide bonds. The first-order valence-electron chi connectivity index (χ1n) is 14.0. The highest BCUT2D eigenvalue weighted by atomic mass is 16.4. The number of aryl methyl sites for hydroxylation is 1. The van der Waals surface area contributed by atoms with Crippen molar-refractivity contribution in [2.75, 3.05) is 11.4 Å². The molecule has 5 heteroatoms. The normalized spacial score (nSPS) is 13.1. The summed E-state index contributed by atoms with van der Waals surface area (Å²) < 4.78 is 0. The number of unbranched alkanes of at least 4 members (excludes halogenated alkanes) is 1. The standard InChI is InChI=1S/C34H37NO4/c1-2-3-7-26-11-13-27(14-12-26)15-16-28-17-19-29(20-18-28)33(37)35(23-6-10-25-8-4-5-9-25)30-21-22-31(34(38)39)32(36)24-30/h11-14,17-22,24-25,36H,2-10,23H2,1H3,(H,38,39)/p-1. The molecule has 0 unspecified atom stereocenters. The van der Waals surface area contributed by atoms with Crippen LogP contribution in [0.15, 0.2) is 66.7 Å². The van der Waals surface area contributed by atoms with Gasteiger partial charge in [0.1, 0.15) is 0 Å². The minimum Gasteiger partial charge on any atom is -0.872 e. The average molecular weight is 523 g/mol. The third-order valence-electron chi connectivity index (χ3n) is 7.48. The van der Waals surface area contributed by atoms with E-state index in [2.05, 4.69) is 30.9 Å². The van der Waals surface area contributed by atoms with Gasteiger partial charge in [-0.2, -0.15) is 0 Å². The lowest BCUT2D eigenvalue weighted by atomic mass is 10.0. The largest absolute Gasteiger partial charge is 0.872 e. The van der Waals surface area contributed by atoms with Crippen molar-refractivity contribution in [1.29, 1.82) is 0 Å². The number of hydrogen-bond donors (Lipinski definition) is 1. The summed E-state index contributed by atoms with van der Waals surface area (Å²) in [6, 6.07) is 19.6. The number of anilines is 1. The Balaban J connectivity index is 1.48. The van der Waals surface area contributed by atoms with Crippen molar-refractivity contribution in [3.05, 3.63) is 94.5 Å². The highest BCUT2D eigenvalue weighted by molar-refractivity contribution is 6.06. The van der Waals surface area contributed by atoms with E-state index in [1.165, 1.54) is 56.2 Å². The fraction of sp³-hybridized carbons (Fsp3) is 0.353. The lowest BCUT2D eigenvalue weighted by Gasteiger charge is -2.25. The van der Waals surface area contributed by atoms with Gasteiger partial charge >= 0.3 is 5.97 Å². The molecule has 202 valence electrons. The fourth-order valence-corrected chi connectivity index (χ4v) is 5.17. The molecule has 0 spiro atoms. The zero-order chi connectivity index (χ0) is 27.6. The van der Waals surface area contributed by atoms with Crippen LogP contribution in [-0.2, 0) is 6.42 Å². The summed E-state index contributed by atoms with van der Waals surface area (Å²) in [6.07, 6.45) is 10.3. The van der Waals surface area contributed by atoms with Crippen molar-refractivity contribution in [1.82, 2.24) is 0 Å². The third kappa shape index (κ3) is 7.74. The summed E-state index contributed by atoms with van der Waals surface area (Å²) in [5.74, 6) is 4.96. The molecule has 0 aromatic heterocycles. The number of carbonyl (C=O) groups is 2. The Labute approximate surface area is 231 Å². The number of benzene rings is 3. The molecule has 0 radical (unpaired) electrons. The monoisotopic (exact) mass is 522 g/mol. The van der Waals surface area contributed by atoms with Crippen LogP contribution < -0.4 is 10.0 Å². The molecule has 1 aliphatic carbocycles. The molecule has 39 heavy (non-hydrogen) atoms. The van der Waals surface area contributed by atoms with Crippen molar-refractivity contribution < 1.29 is 19.8 Å². The van der Waals surface area contributed by atoms with Crippen LogP contribution >= 0.6 is 0 Å². The third-order valence-corrected chi connectivity index (χ3v) is 7.48. The molecule has 3 aromatic carbocycles. The van der Waals surface area contributed by atoms with E-state index in [0.717, 1.165) is 30.4 Å². The Hall–Kier alpha value is -4.04. The van der Waals surface area contributed by atoms with Crippen LogP contribution in [0.5, 0.6) is 5.75 Å². The van der Waals surface area contributed by atoms with Gasteiger partial charge in [0.05, 0.1) is 5.56 Å². The Morgan fingerprint density at radius 3 is 2.15 bits per heavy atom. The summed E-state index contributed by atoms with van der Waals surface area (Å²) in [7, 11) is 0. The zero-order valence-corrected chi connectivity index (χ0v) is 22.6.